The topological polar surface area (TPSA) is 20.2 Å². The van der Waals surface area contributed by atoms with E-state index in [4.69, 9.17) is 0 Å². The molecule has 1 N–H and O–H groups in total. The van der Waals surface area contributed by atoms with E-state index in [1.807, 2.05) is 0 Å². The van der Waals surface area contributed by atoms with Crippen molar-refractivity contribution in [3.8, 4) is 5.75 Å². The fraction of sp³-hybridized carbons (Fsp3) is 0.0769. The summed E-state index contributed by atoms with van der Waals surface area (Å²) < 4.78 is 26.0. The fourth-order valence-electron chi connectivity index (χ4n) is 1.53. The highest BCUT2D eigenvalue weighted by Crippen LogP contribution is 2.23. The minimum atomic E-state index is -0.454. The highest BCUT2D eigenvalue weighted by Gasteiger charge is 2.08. The molecule has 0 heterocycles. The molecule has 0 radical (unpaired) electrons. The molecule has 0 aliphatic rings. The number of halogens is 2. The lowest BCUT2D eigenvalue weighted by atomic mass is 10.0. The lowest BCUT2D eigenvalue weighted by Crippen LogP contribution is -1.93. The standard InChI is InChI=1S/C13H10F2O/c14-10-6-4-9(5-7-10)8-11-12(15)2-1-3-13(11)16/h1-7,16H,8H2. The molecule has 16 heavy (non-hydrogen) atoms. The Morgan fingerprint density at radius 1 is 0.938 bits per heavy atom. The molecule has 0 spiro atoms. The van der Waals surface area contributed by atoms with Crippen molar-refractivity contribution in [2.45, 2.75) is 6.42 Å². The largest absolute Gasteiger partial charge is 0.508 e. The Hall–Kier alpha value is -1.90. The lowest BCUT2D eigenvalue weighted by molar-refractivity contribution is 0.460. The number of hydrogen-bond donors (Lipinski definition) is 1. The fourth-order valence-corrected chi connectivity index (χ4v) is 1.53. The van der Waals surface area contributed by atoms with Gasteiger partial charge in [0.05, 0.1) is 0 Å². The van der Waals surface area contributed by atoms with E-state index in [0.29, 0.717) is 0 Å². The molecule has 0 fully saturated rings. The van der Waals surface area contributed by atoms with Crippen molar-refractivity contribution in [2.75, 3.05) is 0 Å². The van der Waals surface area contributed by atoms with Crippen molar-refractivity contribution >= 4 is 0 Å². The zero-order valence-corrected chi connectivity index (χ0v) is 8.45. The van der Waals surface area contributed by atoms with Crippen LogP contribution in [-0.2, 0) is 6.42 Å². The van der Waals surface area contributed by atoms with Crippen molar-refractivity contribution in [2.24, 2.45) is 0 Å². The molecule has 3 heteroatoms. The Morgan fingerprint density at radius 3 is 2.25 bits per heavy atom. The first-order valence-corrected chi connectivity index (χ1v) is 4.87. The number of aromatic hydroxyl groups is 1. The average Bonchev–Trinajstić information content (AvgIpc) is 2.26. The summed E-state index contributed by atoms with van der Waals surface area (Å²) >= 11 is 0. The molecule has 0 saturated carbocycles. The van der Waals surface area contributed by atoms with Crippen LogP contribution in [0.5, 0.6) is 5.75 Å². The molecular formula is C13H10F2O. The van der Waals surface area contributed by atoms with E-state index in [-0.39, 0.29) is 23.6 Å². The Kier molecular flexibility index (Phi) is 2.86. The van der Waals surface area contributed by atoms with Crippen molar-refractivity contribution in [3.05, 3.63) is 65.2 Å². The molecule has 2 aromatic rings. The van der Waals surface area contributed by atoms with Crippen LogP contribution in [0.3, 0.4) is 0 Å². The molecule has 0 aromatic heterocycles. The smallest absolute Gasteiger partial charge is 0.130 e. The third kappa shape index (κ3) is 2.19. The first kappa shape index (κ1) is 10.6. The third-order valence-corrected chi connectivity index (χ3v) is 2.39. The molecule has 0 atom stereocenters. The van der Waals surface area contributed by atoms with Crippen LogP contribution in [0, 0.1) is 11.6 Å². The number of phenolic OH excluding ortho intramolecular Hbond substituents is 1. The second-order valence-corrected chi connectivity index (χ2v) is 3.54. The number of rotatable bonds is 2. The average molecular weight is 220 g/mol. The van der Waals surface area contributed by atoms with Crippen LogP contribution in [0.2, 0.25) is 0 Å². The highest BCUT2D eigenvalue weighted by molar-refractivity contribution is 5.37. The summed E-state index contributed by atoms with van der Waals surface area (Å²) in [6.07, 6.45) is 0.249. The SMILES string of the molecule is Oc1cccc(F)c1Cc1ccc(F)cc1. The normalized spacial score (nSPS) is 10.4. The molecular weight excluding hydrogens is 210 g/mol. The van der Waals surface area contributed by atoms with E-state index in [0.717, 1.165) is 5.56 Å². The van der Waals surface area contributed by atoms with E-state index in [2.05, 4.69) is 0 Å². The first-order chi connectivity index (χ1) is 7.66. The van der Waals surface area contributed by atoms with Gasteiger partial charge in [-0.1, -0.05) is 18.2 Å². The van der Waals surface area contributed by atoms with Gasteiger partial charge in [0.15, 0.2) is 0 Å². The Balaban J connectivity index is 2.30. The predicted molar refractivity (Wildman–Crippen MR) is 57.3 cm³/mol. The van der Waals surface area contributed by atoms with Gasteiger partial charge in [-0.05, 0) is 29.8 Å². The second kappa shape index (κ2) is 4.31. The van der Waals surface area contributed by atoms with Gasteiger partial charge in [-0.25, -0.2) is 8.78 Å². The van der Waals surface area contributed by atoms with Gasteiger partial charge in [0.2, 0.25) is 0 Å². The van der Waals surface area contributed by atoms with E-state index in [9.17, 15) is 13.9 Å². The number of phenols is 1. The predicted octanol–water partition coefficient (Wildman–Crippen LogP) is 3.26. The second-order valence-electron chi connectivity index (χ2n) is 3.54. The minimum absolute atomic E-state index is 0.0793. The van der Waals surface area contributed by atoms with Crippen LogP contribution in [0.4, 0.5) is 8.78 Å². The van der Waals surface area contributed by atoms with Gasteiger partial charge >= 0.3 is 0 Å². The maximum Gasteiger partial charge on any atom is 0.130 e. The lowest BCUT2D eigenvalue weighted by Gasteiger charge is -2.05. The number of benzene rings is 2. The van der Waals surface area contributed by atoms with Gasteiger partial charge < -0.3 is 5.11 Å². The summed E-state index contributed by atoms with van der Waals surface area (Å²) in [4.78, 5) is 0. The zero-order chi connectivity index (χ0) is 11.5. The van der Waals surface area contributed by atoms with Gasteiger partial charge in [-0.3, -0.25) is 0 Å². The Labute approximate surface area is 92.0 Å². The van der Waals surface area contributed by atoms with Crippen LogP contribution in [0.25, 0.3) is 0 Å². The molecule has 0 bridgehead atoms. The van der Waals surface area contributed by atoms with Crippen LogP contribution in [0.1, 0.15) is 11.1 Å². The molecule has 0 amide bonds. The summed E-state index contributed by atoms with van der Waals surface area (Å²) in [6, 6.07) is 9.93. The van der Waals surface area contributed by atoms with E-state index in [1.165, 1.54) is 30.3 Å². The maximum absolute atomic E-state index is 13.4. The van der Waals surface area contributed by atoms with Gasteiger partial charge in [-0.2, -0.15) is 0 Å². The summed E-state index contributed by atoms with van der Waals surface area (Å²) in [5, 5.41) is 9.49. The molecule has 0 aliphatic carbocycles. The molecule has 1 nitrogen and oxygen atoms in total. The van der Waals surface area contributed by atoms with Crippen LogP contribution in [-0.4, -0.2) is 5.11 Å². The molecule has 0 saturated heterocycles. The number of hydrogen-bond acceptors (Lipinski definition) is 1. The molecule has 82 valence electrons. The van der Waals surface area contributed by atoms with Crippen LogP contribution in [0.15, 0.2) is 42.5 Å². The zero-order valence-electron chi connectivity index (χ0n) is 8.45. The summed E-state index contributed by atoms with van der Waals surface area (Å²) in [5.41, 5.74) is 0.982. The quantitative estimate of drug-likeness (QED) is 0.823. The minimum Gasteiger partial charge on any atom is -0.508 e. The van der Waals surface area contributed by atoms with Gasteiger partial charge in [0.1, 0.15) is 17.4 Å². The van der Waals surface area contributed by atoms with Crippen LogP contribution >= 0.6 is 0 Å². The summed E-state index contributed by atoms with van der Waals surface area (Å²) in [6.45, 7) is 0. The summed E-state index contributed by atoms with van der Waals surface area (Å²) in [5.74, 6) is -0.866. The van der Waals surface area contributed by atoms with Crippen molar-refractivity contribution in [1.82, 2.24) is 0 Å². The van der Waals surface area contributed by atoms with Gasteiger partial charge in [0, 0.05) is 12.0 Å². The first-order valence-electron chi connectivity index (χ1n) is 4.87. The Bertz CT molecular complexity index is 472. The Morgan fingerprint density at radius 2 is 1.62 bits per heavy atom. The molecule has 2 aromatic carbocycles. The van der Waals surface area contributed by atoms with E-state index < -0.39 is 5.82 Å². The molecule has 0 unspecified atom stereocenters. The van der Waals surface area contributed by atoms with E-state index in [1.54, 1.807) is 12.1 Å². The monoisotopic (exact) mass is 220 g/mol. The van der Waals surface area contributed by atoms with Gasteiger partial charge in [-0.15, -0.1) is 0 Å². The van der Waals surface area contributed by atoms with Crippen molar-refractivity contribution in [3.63, 3.8) is 0 Å². The highest BCUT2D eigenvalue weighted by atomic mass is 19.1. The van der Waals surface area contributed by atoms with Gasteiger partial charge in [0.25, 0.3) is 0 Å². The summed E-state index contributed by atoms with van der Waals surface area (Å²) in [7, 11) is 0. The molecule has 0 aliphatic heterocycles. The maximum atomic E-state index is 13.4. The van der Waals surface area contributed by atoms with Crippen molar-refractivity contribution in [1.29, 1.82) is 0 Å². The van der Waals surface area contributed by atoms with Crippen molar-refractivity contribution < 1.29 is 13.9 Å². The molecule has 2 rings (SSSR count). The van der Waals surface area contributed by atoms with Crippen LogP contribution < -0.4 is 0 Å². The van der Waals surface area contributed by atoms with E-state index >= 15 is 0 Å². The third-order valence-electron chi connectivity index (χ3n) is 2.39.